The molecule has 2 N–H and O–H groups in total. The standard InChI is InChI=1S/C18H17NO5/c1-11(17(19)21)23-18(22)15-5-3-13(4-6-15)14-7-9-16(10-8-14)24-12(2)20/h3-11H,1-2H3,(H2,19,21)/t11-/m0/s1. The van der Waals surface area contributed by atoms with Gasteiger partial charge in [0.2, 0.25) is 0 Å². The molecule has 0 heterocycles. The third kappa shape index (κ3) is 4.42. The van der Waals surface area contributed by atoms with Crippen molar-refractivity contribution in [1.82, 2.24) is 0 Å². The van der Waals surface area contributed by atoms with Crippen LogP contribution in [0.2, 0.25) is 0 Å². The summed E-state index contributed by atoms with van der Waals surface area (Å²) in [6.07, 6.45) is -0.981. The van der Waals surface area contributed by atoms with Gasteiger partial charge < -0.3 is 15.2 Å². The van der Waals surface area contributed by atoms with Gasteiger partial charge in [-0.15, -0.1) is 0 Å². The van der Waals surface area contributed by atoms with E-state index < -0.39 is 18.0 Å². The van der Waals surface area contributed by atoms with E-state index in [1.54, 1.807) is 48.5 Å². The molecule has 0 saturated heterocycles. The minimum Gasteiger partial charge on any atom is -0.449 e. The fourth-order valence-electron chi connectivity index (χ4n) is 1.97. The Morgan fingerprint density at radius 2 is 1.42 bits per heavy atom. The Hall–Kier alpha value is -3.15. The van der Waals surface area contributed by atoms with Gasteiger partial charge in [0, 0.05) is 6.92 Å². The first-order valence-electron chi connectivity index (χ1n) is 7.26. The number of hydrogen-bond acceptors (Lipinski definition) is 5. The number of carbonyl (C=O) groups is 3. The maximum absolute atomic E-state index is 11.9. The molecular formula is C18H17NO5. The number of amides is 1. The molecule has 0 fully saturated rings. The largest absolute Gasteiger partial charge is 0.449 e. The van der Waals surface area contributed by atoms with Crippen molar-refractivity contribution in [1.29, 1.82) is 0 Å². The summed E-state index contributed by atoms with van der Waals surface area (Å²) in [4.78, 5) is 33.7. The topological polar surface area (TPSA) is 95.7 Å². The van der Waals surface area contributed by atoms with Crippen LogP contribution in [0.1, 0.15) is 24.2 Å². The second-order valence-corrected chi connectivity index (χ2v) is 5.15. The summed E-state index contributed by atoms with van der Waals surface area (Å²) in [5.41, 5.74) is 7.16. The van der Waals surface area contributed by atoms with Crippen LogP contribution in [0.25, 0.3) is 11.1 Å². The van der Waals surface area contributed by atoms with Gasteiger partial charge in [-0.2, -0.15) is 0 Å². The van der Waals surface area contributed by atoms with E-state index in [2.05, 4.69) is 0 Å². The number of nitrogens with two attached hydrogens (primary N) is 1. The van der Waals surface area contributed by atoms with Crippen LogP contribution in [0.3, 0.4) is 0 Å². The van der Waals surface area contributed by atoms with Crippen LogP contribution in [0.5, 0.6) is 5.75 Å². The quantitative estimate of drug-likeness (QED) is 0.671. The Bertz CT molecular complexity index is 750. The molecule has 2 aromatic rings. The molecule has 124 valence electrons. The lowest BCUT2D eigenvalue weighted by molar-refractivity contribution is -0.131. The molecule has 2 aromatic carbocycles. The van der Waals surface area contributed by atoms with Gasteiger partial charge in [-0.3, -0.25) is 9.59 Å². The van der Waals surface area contributed by atoms with Crippen LogP contribution >= 0.6 is 0 Å². The second kappa shape index (κ2) is 7.41. The lowest BCUT2D eigenvalue weighted by Crippen LogP contribution is -2.30. The molecule has 2 rings (SSSR count). The summed E-state index contributed by atoms with van der Waals surface area (Å²) in [7, 11) is 0. The molecule has 1 amide bonds. The highest BCUT2D eigenvalue weighted by atomic mass is 16.5. The molecule has 6 nitrogen and oxygen atoms in total. The molecule has 0 radical (unpaired) electrons. The molecule has 1 atom stereocenters. The minimum absolute atomic E-state index is 0.323. The highest BCUT2D eigenvalue weighted by Crippen LogP contribution is 2.23. The maximum Gasteiger partial charge on any atom is 0.338 e. The normalized spacial score (nSPS) is 11.4. The van der Waals surface area contributed by atoms with E-state index in [0.29, 0.717) is 11.3 Å². The van der Waals surface area contributed by atoms with E-state index in [1.807, 2.05) is 0 Å². The molecule has 0 unspecified atom stereocenters. The van der Waals surface area contributed by atoms with Gasteiger partial charge >= 0.3 is 11.9 Å². The van der Waals surface area contributed by atoms with Gasteiger partial charge in [0.05, 0.1) is 5.56 Å². The average molecular weight is 327 g/mol. The summed E-state index contributed by atoms with van der Waals surface area (Å²) in [5.74, 6) is -1.23. The number of rotatable bonds is 5. The van der Waals surface area contributed by atoms with E-state index in [0.717, 1.165) is 11.1 Å². The molecule has 0 aliphatic carbocycles. The van der Waals surface area contributed by atoms with Gasteiger partial charge in [-0.25, -0.2) is 4.79 Å². The highest BCUT2D eigenvalue weighted by molar-refractivity contribution is 5.92. The number of hydrogen-bond donors (Lipinski definition) is 1. The molecule has 0 aliphatic heterocycles. The van der Waals surface area contributed by atoms with E-state index in [-0.39, 0.29) is 5.97 Å². The Morgan fingerprint density at radius 1 is 0.917 bits per heavy atom. The van der Waals surface area contributed by atoms with Crippen molar-refractivity contribution in [2.75, 3.05) is 0 Å². The highest BCUT2D eigenvalue weighted by Gasteiger charge is 2.16. The van der Waals surface area contributed by atoms with Crippen LogP contribution in [0.15, 0.2) is 48.5 Å². The van der Waals surface area contributed by atoms with E-state index in [1.165, 1.54) is 13.8 Å². The van der Waals surface area contributed by atoms with Crippen LogP contribution in [0.4, 0.5) is 0 Å². The van der Waals surface area contributed by atoms with Crippen LogP contribution in [0, 0.1) is 0 Å². The third-order valence-corrected chi connectivity index (χ3v) is 3.25. The van der Waals surface area contributed by atoms with Gasteiger partial charge in [0.25, 0.3) is 5.91 Å². The molecule has 0 spiro atoms. The monoisotopic (exact) mass is 327 g/mol. The summed E-state index contributed by atoms with van der Waals surface area (Å²) in [5, 5.41) is 0. The molecule has 24 heavy (non-hydrogen) atoms. The van der Waals surface area contributed by atoms with Crippen molar-refractivity contribution in [3.05, 3.63) is 54.1 Å². The Balaban J connectivity index is 2.10. The van der Waals surface area contributed by atoms with E-state index in [4.69, 9.17) is 15.2 Å². The minimum atomic E-state index is -0.981. The van der Waals surface area contributed by atoms with Crippen molar-refractivity contribution in [3.8, 4) is 16.9 Å². The predicted molar refractivity (Wildman–Crippen MR) is 87.3 cm³/mol. The third-order valence-electron chi connectivity index (χ3n) is 3.25. The lowest BCUT2D eigenvalue weighted by atomic mass is 10.0. The zero-order valence-electron chi connectivity index (χ0n) is 13.3. The van der Waals surface area contributed by atoms with Gasteiger partial charge in [0.15, 0.2) is 6.10 Å². The van der Waals surface area contributed by atoms with Crippen LogP contribution in [-0.2, 0) is 14.3 Å². The van der Waals surface area contributed by atoms with E-state index >= 15 is 0 Å². The first-order valence-corrected chi connectivity index (χ1v) is 7.26. The number of primary amides is 1. The fraction of sp³-hybridized carbons (Fsp3) is 0.167. The van der Waals surface area contributed by atoms with Crippen LogP contribution in [-0.4, -0.2) is 23.9 Å². The lowest BCUT2D eigenvalue weighted by Gasteiger charge is -2.10. The zero-order chi connectivity index (χ0) is 17.7. The first-order chi connectivity index (χ1) is 11.4. The molecule has 6 heteroatoms. The summed E-state index contributed by atoms with van der Waals surface area (Å²) < 4.78 is 9.91. The molecule has 0 saturated carbocycles. The Morgan fingerprint density at radius 3 is 1.88 bits per heavy atom. The summed E-state index contributed by atoms with van der Waals surface area (Å²) in [6, 6.07) is 13.7. The second-order valence-electron chi connectivity index (χ2n) is 5.15. The molecular weight excluding hydrogens is 310 g/mol. The number of carbonyl (C=O) groups excluding carboxylic acids is 3. The smallest absolute Gasteiger partial charge is 0.338 e. The summed E-state index contributed by atoms with van der Waals surface area (Å²) >= 11 is 0. The molecule has 0 aliphatic rings. The fourth-order valence-corrected chi connectivity index (χ4v) is 1.97. The molecule has 0 bridgehead atoms. The van der Waals surface area contributed by atoms with E-state index in [9.17, 15) is 14.4 Å². The summed E-state index contributed by atoms with van der Waals surface area (Å²) in [6.45, 7) is 2.75. The van der Waals surface area contributed by atoms with Crippen molar-refractivity contribution in [2.24, 2.45) is 5.73 Å². The van der Waals surface area contributed by atoms with Gasteiger partial charge in [0.1, 0.15) is 5.75 Å². The molecule has 0 aromatic heterocycles. The predicted octanol–water partition coefficient (Wildman–Crippen LogP) is 2.31. The Kier molecular flexibility index (Phi) is 5.31. The van der Waals surface area contributed by atoms with Crippen molar-refractivity contribution in [2.45, 2.75) is 20.0 Å². The van der Waals surface area contributed by atoms with Gasteiger partial charge in [-0.1, -0.05) is 24.3 Å². The number of esters is 2. The average Bonchev–Trinajstić information content (AvgIpc) is 2.55. The van der Waals surface area contributed by atoms with Crippen LogP contribution < -0.4 is 10.5 Å². The Labute approximate surface area is 139 Å². The van der Waals surface area contributed by atoms with Crippen molar-refractivity contribution in [3.63, 3.8) is 0 Å². The van der Waals surface area contributed by atoms with Crippen molar-refractivity contribution < 1.29 is 23.9 Å². The zero-order valence-corrected chi connectivity index (χ0v) is 13.3. The van der Waals surface area contributed by atoms with Gasteiger partial charge in [-0.05, 0) is 42.3 Å². The number of benzene rings is 2. The SMILES string of the molecule is CC(=O)Oc1ccc(-c2ccc(C(=O)O[C@@H](C)C(N)=O)cc2)cc1. The number of ether oxygens (including phenoxy) is 2. The maximum atomic E-state index is 11.9. The van der Waals surface area contributed by atoms with Crippen molar-refractivity contribution >= 4 is 17.8 Å². The first kappa shape index (κ1) is 17.2.